The molecule has 2 rings (SSSR count). The predicted molar refractivity (Wildman–Crippen MR) is 74.9 cm³/mol. The van der Waals surface area contributed by atoms with Crippen molar-refractivity contribution in [1.29, 1.82) is 0 Å². The van der Waals surface area contributed by atoms with Crippen molar-refractivity contribution in [3.8, 4) is 5.75 Å². The van der Waals surface area contributed by atoms with Gasteiger partial charge in [-0.3, -0.25) is 0 Å². The first kappa shape index (κ1) is 13.4. The summed E-state index contributed by atoms with van der Waals surface area (Å²) >= 11 is 13.3. The molecule has 0 atom stereocenters. The second-order valence-corrected chi connectivity index (χ2v) is 5.30. The number of hydrogen-bond acceptors (Lipinski definition) is 5. The number of rotatable bonds is 5. The molecule has 0 bridgehead atoms. The molecule has 0 saturated carbocycles. The molecule has 0 aliphatic heterocycles. The van der Waals surface area contributed by atoms with Crippen molar-refractivity contribution in [3.63, 3.8) is 0 Å². The fourth-order valence-corrected chi connectivity index (χ4v) is 2.32. The molecule has 0 unspecified atom stereocenters. The maximum Gasteiger partial charge on any atom is 0.205 e. The third-order valence-corrected chi connectivity index (χ3v) is 3.44. The van der Waals surface area contributed by atoms with Crippen LogP contribution in [-0.4, -0.2) is 16.7 Å². The van der Waals surface area contributed by atoms with Crippen molar-refractivity contribution in [2.24, 2.45) is 0 Å². The fraction of sp³-hybridized carbons (Fsp3) is 0.273. The number of hydrogen-bond donors (Lipinski definition) is 1. The molecule has 7 heteroatoms. The second-order valence-electron chi connectivity index (χ2n) is 3.39. The zero-order valence-corrected chi connectivity index (χ0v) is 11.9. The molecule has 2 aromatic rings. The third kappa shape index (κ3) is 3.48. The first-order valence-corrected chi connectivity index (χ1v) is 6.90. The molecule has 1 aromatic carbocycles. The zero-order chi connectivity index (χ0) is 13.0. The minimum atomic E-state index is 0.323. The van der Waals surface area contributed by atoms with E-state index >= 15 is 0 Å². The Labute approximate surface area is 119 Å². The van der Waals surface area contributed by atoms with E-state index < -0.39 is 0 Å². The first-order chi connectivity index (χ1) is 8.69. The van der Waals surface area contributed by atoms with E-state index in [1.807, 2.05) is 6.92 Å². The lowest BCUT2D eigenvalue weighted by Crippen LogP contribution is -1.95. The van der Waals surface area contributed by atoms with E-state index in [0.717, 1.165) is 16.7 Å². The van der Waals surface area contributed by atoms with Crippen molar-refractivity contribution < 1.29 is 4.74 Å². The van der Waals surface area contributed by atoms with Crippen LogP contribution in [0.5, 0.6) is 5.75 Å². The maximum atomic E-state index is 5.99. The summed E-state index contributed by atoms with van der Waals surface area (Å²) in [7, 11) is 0. The van der Waals surface area contributed by atoms with Crippen molar-refractivity contribution in [1.82, 2.24) is 10.2 Å². The average molecular weight is 304 g/mol. The molecule has 18 heavy (non-hydrogen) atoms. The normalized spacial score (nSPS) is 10.4. The maximum absolute atomic E-state index is 5.99. The zero-order valence-electron chi connectivity index (χ0n) is 9.61. The average Bonchev–Trinajstić information content (AvgIpc) is 2.79. The minimum Gasteiger partial charge on any atom is -0.485 e. The van der Waals surface area contributed by atoms with Gasteiger partial charge in [-0.25, -0.2) is 0 Å². The number of benzene rings is 1. The molecule has 0 spiro atoms. The Hall–Kier alpha value is -1.04. The van der Waals surface area contributed by atoms with Gasteiger partial charge >= 0.3 is 0 Å². The molecule has 0 fully saturated rings. The van der Waals surface area contributed by atoms with Crippen molar-refractivity contribution in [3.05, 3.63) is 33.3 Å². The van der Waals surface area contributed by atoms with Gasteiger partial charge in [-0.1, -0.05) is 34.5 Å². The molecule has 4 nitrogen and oxygen atoms in total. The quantitative estimate of drug-likeness (QED) is 0.911. The van der Waals surface area contributed by atoms with E-state index in [1.165, 1.54) is 11.3 Å². The summed E-state index contributed by atoms with van der Waals surface area (Å²) in [6, 6.07) is 5.09. The highest BCUT2D eigenvalue weighted by atomic mass is 35.5. The van der Waals surface area contributed by atoms with Crippen LogP contribution in [0, 0.1) is 0 Å². The molecule has 1 heterocycles. The van der Waals surface area contributed by atoms with Crippen LogP contribution in [0.15, 0.2) is 18.2 Å². The smallest absolute Gasteiger partial charge is 0.205 e. The van der Waals surface area contributed by atoms with Gasteiger partial charge in [-0.2, -0.15) is 0 Å². The lowest BCUT2D eigenvalue weighted by atomic mass is 10.3. The summed E-state index contributed by atoms with van der Waals surface area (Å²) < 4.78 is 5.56. The van der Waals surface area contributed by atoms with Gasteiger partial charge in [0.1, 0.15) is 12.4 Å². The van der Waals surface area contributed by atoms with Crippen molar-refractivity contribution >= 4 is 39.7 Å². The summed E-state index contributed by atoms with van der Waals surface area (Å²) in [5.74, 6) is 0.546. The van der Waals surface area contributed by atoms with Gasteiger partial charge in [0, 0.05) is 17.6 Å². The summed E-state index contributed by atoms with van der Waals surface area (Å²) in [5, 5.41) is 13.7. The predicted octanol–water partition coefficient (Wildman–Crippen LogP) is 3.86. The minimum absolute atomic E-state index is 0.323. The lowest BCUT2D eigenvalue weighted by Gasteiger charge is -2.05. The lowest BCUT2D eigenvalue weighted by molar-refractivity contribution is 0.305. The third-order valence-electron chi connectivity index (χ3n) is 2.04. The summed E-state index contributed by atoms with van der Waals surface area (Å²) in [4.78, 5) is 0. The van der Waals surface area contributed by atoms with Gasteiger partial charge in [-0.05, 0) is 19.1 Å². The topological polar surface area (TPSA) is 47.0 Å². The second kappa shape index (κ2) is 6.22. The summed E-state index contributed by atoms with van der Waals surface area (Å²) in [6.45, 7) is 3.14. The molecule has 0 amide bonds. The Balaban J connectivity index is 1.99. The van der Waals surface area contributed by atoms with Crippen LogP contribution in [0.3, 0.4) is 0 Å². The number of aromatic nitrogens is 2. The van der Waals surface area contributed by atoms with E-state index in [-0.39, 0.29) is 0 Å². The van der Waals surface area contributed by atoms with Crippen molar-refractivity contribution in [2.75, 3.05) is 11.9 Å². The van der Waals surface area contributed by atoms with Crippen LogP contribution in [0.1, 0.15) is 11.9 Å². The highest BCUT2D eigenvalue weighted by molar-refractivity contribution is 7.15. The van der Waals surface area contributed by atoms with Crippen molar-refractivity contribution in [2.45, 2.75) is 13.5 Å². The Kier molecular flexibility index (Phi) is 4.63. The molecular formula is C11H11Cl2N3OS. The van der Waals surface area contributed by atoms with Crippen LogP contribution in [0.25, 0.3) is 0 Å². The van der Waals surface area contributed by atoms with Gasteiger partial charge in [-0.15, -0.1) is 10.2 Å². The number of anilines is 1. The summed E-state index contributed by atoms with van der Waals surface area (Å²) in [6.07, 6.45) is 0. The van der Waals surface area contributed by atoms with Crippen LogP contribution in [-0.2, 0) is 6.61 Å². The Bertz CT molecular complexity index is 533. The SMILES string of the molecule is CCNc1nnc(COc2cc(Cl)ccc2Cl)s1. The van der Waals surface area contributed by atoms with Gasteiger partial charge in [0.2, 0.25) is 5.13 Å². The number of ether oxygens (including phenoxy) is 1. The van der Waals surface area contributed by atoms with E-state index in [1.54, 1.807) is 18.2 Å². The molecule has 96 valence electrons. The van der Waals surface area contributed by atoms with Crippen LogP contribution in [0.2, 0.25) is 10.0 Å². The van der Waals surface area contributed by atoms with Crippen LogP contribution in [0.4, 0.5) is 5.13 Å². The monoisotopic (exact) mass is 303 g/mol. The number of nitrogens with zero attached hydrogens (tertiary/aromatic N) is 2. The first-order valence-electron chi connectivity index (χ1n) is 5.33. The summed E-state index contributed by atoms with van der Waals surface area (Å²) in [5.41, 5.74) is 0. The van der Waals surface area contributed by atoms with E-state index in [0.29, 0.717) is 22.4 Å². The number of halogens is 2. The van der Waals surface area contributed by atoms with Crippen LogP contribution < -0.4 is 10.1 Å². The number of nitrogens with one attached hydrogen (secondary N) is 1. The molecule has 0 aliphatic carbocycles. The van der Waals surface area contributed by atoms with E-state index in [9.17, 15) is 0 Å². The Morgan fingerprint density at radius 2 is 2.17 bits per heavy atom. The molecular weight excluding hydrogens is 293 g/mol. The molecule has 0 radical (unpaired) electrons. The Morgan fingerprint density at radius 3 is 2.94 bits per heavy atom. The Morgan fingerprint density at radius 1 is 1.33 bits per heavy atom. The van der Waals surface area contributed by atoms with Gasteiger partial charge < -0.3 is 10.1 Å². The highest BCUT2D eigenvalue weighted by Crippen LogP contribution is 2.28. The molecule has 1 aromatic heterocycles. The van der Waals surface area contributed by atoms with Gasteiger partial charge in [0.25, 0.3) is 0 Å². The molecule has 0 aliphatic rings. The highest BCUT2D eigenvalue weighted by Gasteiger charge is 2.06. The fourth-order valence-electron chi connectivity index (χ4n) is 1.26. The molecule has 0 saturated heterocycles. The van der Waals surface area contributed by atoms with Gasteiger partial charge in [0.15, 0.2) is 5.01 Å². The molecule has 1 N–H and O–H groups in total. The van der Waals surface area contributed by atoms with E-state index in [4.69, 9.17) is 27.9 Å². The van der Waals surface area contributed by atoms with Crippen LogP contribution >= 0.6 is 34.5 Å². The van der Waals surface area contributed by atoms with Gasteiger partial charge in [0.05, 0.1) is 5.02 Å². The standard InChI is InChI=1S/C11H11Cl2N3OS/c1-2-14-11-16-15-10(18-11)6-17-9-5-7(12)3-4-8(9)13/h3-5H,2,6H2,1H3,(H,14,16). The largest absolute Gasteiger partial charge is 0.485 e. The van der Waals surface area contributed by atoms with E-state index in [2.05, 4.69) is 15.5 Å².